The first-order valence-electron chi connectivity index (χ1n) is 10.5. The van der Waals surface area contributed by atoms with E-state index in [1.165, 1.54) is 57.9 Å². The Labute approximate surface area is 173 Å². The lowest BCUT2D eigenvalue weighted by Crippen LogP contribution is -2.34. The number of carbonyl (C=O) groups excluding carboxylic acids is 2. The minimum absolute atomic E-state index is 0.0260. The van der Waals surface area contributed by atoms with Gasteiger partial charge in [-0.05, 0) is 24.6 Å². The van der Waals surface area contributed by atoms with Gasteiger partial charge in [0, 0.05) is 12.0 Å². The van der Waals surface area contributed by atoms with Crippen molar-refractivity contribution in [2.75, 3.05) is 13.7 Å². The smallest absolute Gasteiger partial charge is 0.259 e. The van der Waals surface area contributed by atoms with Gasteiger partial charge in [-0.25, -0.2) is 5.43 Å². The second-order valence-corrected chi connectivity index (χ2v) is 7.07. The van der Waals surface area contributed by atoms with Gasteiger partial charge in [-0.2, -0.15) is 5.10 Å². The van der Waals surface area contributed by atoms with Crippen molar-refractivity contribution in [3.8, 4) is 11.5 Å². The van der Waals surface area contributed by atoms with Gasteiger partial charge in [-0.1, -0.05) is 58.3 Å². The van der Waals surface area contributed by atoms with Gasteiger partial charge in [0.05, 0.1) is 19.9 Å². The van der Waals surface area contributed by atoms with Gasteiger partial charge in [0.25, 0.3) is 5.91 Å². The van der Waals surface area contributed by atoms with Crippen LogP contribution in [0, 0.1) is 0 Å². The van der Waals surface area contributed by atoms with Crippen molar-refractivity contribution < 1.29 is 19.4 Å². The molecule has 162 valence electrons. The minimum Gasteiger partial charge on any atom is -0.507 e. The minimum atomic E-state index is -0.427. The molecule has 0 unspecified atom stereocenters. The summed E-state index contributed by atoms with van der Waals surface area (Å²) < 4.78 is 5.07. The van der Waals surface area contributed by atoms with Gasteiger partial charge >= 0.3 is 0 Å². The van der Waals surface area contributed by atoms with Crippen molar-refractivity contribution >= 4 is 18.0 Å². The molecule has 7 nitrogen and oxygen atoms in total. The van der Waals surface area contributed by atoms with Crippen LogP contribution in [0.2, 0.25) is 0 Å². The van der Waals surface area contributed by atoms with Crippen LogP contribution in [-0.4, -0.2) is 36.8 Å². The van der Waals surface area contributed by atoms with Crippen molar-refractivity contribution in [2.24, 2.45) is 5.10 Å². The van der Waals surface area contributed by atoms with E-state index in [4.69, 9.17) is 4.74 Å². The van der Waals surface area contributed by atoms with Crippen molar-refractivity contribution in [1.82, 2.24) is 10.7 Å². The van der Waals surface area contributed by atoms with Crippen LogP contribution in [0.25, 0.3) is 0 Å². The van der Waals surface area contributed by atoms with Crippen LogP contribution in [0.3, 0.4) is 0 Å². The molecule has 0 aromatic heterocycles. The highest BCUT2D eigenvalue weighted by Gasteiger charge is 2.05. The fraction of sp³-hybridized carbons (Fsp3) is 0.591. The largest absolute Gasteiger partial charge is 0.507 e. The molecule has 1 rings (SSSR count). The number of phenolic OH excluding ortho intramolecular Hbond substituents is 1. The highest BCUT2D eigenvalue weighted by Crippen LogP contribution is 2.20. The molecular weight excluding hydrogens is 370 g/mol. The number of methoxy groups -OCH3 is 1. The molecule has 0 bridgehead atoms. The first-order valence-corrected chi connectivity index (χ1v) is 10.5. The number of carbonyl (C=O) groups is 2. The molecule has 7 heteroatoms. The van der Waals surface area contributed by atoms with E-state index in [1.807, 2.05) is 0 Å². The first-order chi connectivity index (χ1) is 14.1. The van der Waals surface area contributed by atoms with Crippen LogP contribution >= 0.6 is 0 Å². The van der Waals surface area contributed by atoms with Crippen molar-refractivity contribution in [3.63, 3.8) is 0 Å². The summed E-state index contributed by atoms with van der Waals surface area (Å²) in [4.78, 5) is 23.5. The number of aromatic hydroxyl groups is 1. The Morgan fingerprint density at radius 3 is 2.34 bits per heavy atom. The normalized spacial score (nSPS) is 10.8. The molecule has 0 aliphatic heterocycles. The molecule has 0 radical (unpaired) electrons. The number of nitrogens with one attached hydrogen (secondary N) is 2. The molecule has 0 saturated carbocycles. The van der Waals surface area contributed by atoms with Gasteiger partial charge in [0.1, 0.15) is 11.5 Å². The zero-order valence-electron chi connectivity index (χ0n) is 17.7. The molecule has 2 amide bonds. The van der Waals surface area contributed by atoms with Gasteiger partial charge in [0.2, 0.25) is 5.91 Å². The second kappa shape index (κ2) is 15.4. The molecule has 1 aromatic carbocycles. The summed E-state index contributed by atoms with van der Waals surface area (Å²) in [6, 6.07) is 4.70. The number of hydrogen-bond acceptors (Lipinski definition) is 5. The molecule has 0 aliphatic carbocycles. The number of unbranched alkanes of at least 4 members (excludes halogenated alkanes) is 8. The van der Waals surface area contributed by atoms with Crippen molar-refractivity contribution in [1.29, 1.82) is 0 Å². The van der Waals surface area contributed by atoms with E-state index in [9.17, 15) is 14.7 Å². The Morgan fingerprint density at radius 1 is 1.03 bits per heavy atom. The van der Waals surface area contributed by atoms with E-state index >= 15 is 0 Å². The monoisotopic (exact) mass is 405 g/mol. The van der Waals surface area contributed by atoms with Gasteiger partial charge in [-0.3, -0.25) is 9.59 Å². The highest BCUT2D eigenvalue weighted by molar-refractivity contribution is 5.87. The number of benzene rings is 1. The fourth-order valence-electron chi connectivity index (χ4n) is 2.84. The number of hydrazone groups is 1. The quantitative estimate of drug-likeness (QED) is 0.234. The first kappa shape index (κ1) is 24.5. The summed E-state index contributed by atoms with van der Waals surface area (Å²) in [7, 11) is 1.52. The Morgan fingerprint density at radius 2 is 1.69 bits per heavy atom. The van der Waals surface area contributed by atoms with Crippen LogP contribution in [0.15, 0.2) is 23.3 Å². The van der Waals surface area contributed by atoms with E-state index in [1.54, 1.807) is 12.1 Å². The average Bonchev–Trinajstić information content (AvgIpc) is 2.72. The van der Waals surface area contributed by atoms with E-state index in [0.717, 1.165) is 19.3 Å². The predicted octanol–water partition coefficient (Wildman–Crippen LogP) is 3.89. The maximum Gasteiger partial charge on any atom is 0.259 e. The molecule has 0 spiro atoms. The number of nitrogens with zero attached hydrogens (tertiary/aromatic N) is 1. The Hall–Kier alpha value is -2.57. The zero-order valence-corrected chi connectivity index (χ0v) is 17.7. The second-order valence-electron chi connectivity index (χ2n) is 7.07. The molecule has 0 heterocycles. The Balaban J connectivity index is 2.11. The molecule has 0 saturated heterocycles. The van der Waals surface area contributed by atoms with E-state index < -0.39 is 5.91 Å². The SMILES string of the molecule is CCCCCCCCCCCC(=O)NCC(=O)N/N=C\c1cc(OC)ccc1O. The van der Waals surface area contributed by atoms with Gasteiger partial charge in [0.15, 0.2) is 0 Å². The lowest BCUT2D eigenvalue weighted by atomic mass is 10.1. The lowest BCUT2D eigenvalue weighted by molar-refractivity contribution is -0.126. The average molecular weight is 406 g/mol. The molecule has 3 N–H and O–H groups in total. The van der Waals surface area contributed by atoms with Crippen LogP contribution in [0.5, 0.6) is 11.5 Å². The number of ether oxygens (including phenoxy) is 1. The van der Waals surface area contributed by atoms with Crippen molar-refractivity contribution in [2.45, 2.75) is 71.1 Å². The van der Waals surface area contributed by atoms with Gasteiger partial charge in [-0.15, -0.1) is 0 Å². The number of amides is 2. The number of hydrogen-bond donors (Lipinski definition) is 3. The predicted molar refractivity (Wildman–Crippen MR) is 115 cm³/mol. The highest BCUT2D eigenvalue weighted by atomic mass is 16.5. The van der Waals surface area contributed by atoms with Crippen LogP contribution in [0.4, 0.5) is 0 Å². The molecule has 0 atom stereocenters. The van der Waals surface area contributed by atoms with E-state index in [0.29, 0.717) is 17.7 Å². The number of rotatable bonds is 15. The zero-order chi connectivity index (χ0) is 21.3. The summed E-state index contributed by atoms with van der Waals surface area (Å²) in [5.41, 5.74) is 2.74. The summed E-state index contributed by atoms with van der Waals surface area (Å²) in [6.45, 7) is 2.09. The fourth-order valence-corrected chi connectivity index (χ4v) is 2.84. The van der Waals surface area contributed by atoms with Gasteiger partial charge < -0.3 is 15.2 Å². The topological polar surface area (TPSA) is 100 Å². The molecule has 1 aromatic rings. The van der Waals surface area contributed by atoms with E-state index in [2.05, 4.69) is 22.8 Å². The van der Waals surface area contributed by atoms with Crippen LogP contribution < -0.4 is 15.5 Å². The number of phenols is 1. The summed E-state index contributed by atoms with van der Waals surface area (Å²) in [6.07, 6.45) is 12.5. The Kier molecular flexibility index (Phi) is 13.0. The third-order valence-electron chi connectivity index (χ3n) is 4.58. The standard InChI is InChI=1S/C22H35N3O4/c1-3-4-5-6-7-8-9-10-11-12-21(27)23-17-22(28)25-24-16-18-15-19(29-2)13-14-20(18)26/h13-16,26H,3-12,17H2,1-2H3,(H,23,27)(H,25,28)/b24-16-. The summed E-state index contributed by atoms with van der Waals surface area (Å²) in [5, 5.41) is 16.1. The molecule has 0 fully saturated rings. The van der Waals surface area contributed by atoms with E-state index in [-0.39, 0.29) is 18.2 Å². The third kappa shape index (κ3) is 11.8. The molecule has 0 aliphatic rings. The lowest BCUT2D eigenvalue weighted by Gasteiger charge is -2.05. The van der Waals surface area contributed by atoms with Crippen molar-refractivity contribution in [3.05, 3.63) is 23.8 Å². The Bertz CT molecular complexity index is 647. The maximum atomic E-state index is 11.8. The molecular formula is C22H35N3O4. The molecule has 29 heavy (non-hydrogen) atoms. The summed E-state index contributed by atoms with van der Waals surface area (Å²) in [5.74, 6) is 0.0407. The van der Waals surface area contributed by atoms with Crippen LogP contribution in [-0.2, 0) is 9.59 Å². The van der Waals surface area contributed by atoms with Crippen LogP contribution in [0.1, 0.15) is 76.7 Å². The maximum absolute atomic E-state index is 11.8. The summed E-state index contributed by atoms with van der Waals surface area (Å²) >= 11 is 0. The third-order valence-corrected chi connectivity index (χ3v) is 4.58.